The quantitative estimate of drug-likeness (QED) is 0.818. The fourth-order valence-corrected chi connectivity index (χ4v) is 3.51. The van der Waals surface area contributed by atoms with Gasteiger partial charge in [0, 0.05) is 45.0 Å². The Morgan fingerprint density at radius 3 is 2.75 bits per heavy atom. The molecule has 1 aromatic rings. The normalized spacial score (nSPS) is 21.1. The Kier molecular flexibility index (Phi) is 4.59. The lowest BCUT2D eigenvalue weighted by Gasteiger charge is -2.44. The van der Waals surface area contributed by atoms with E-state index in [4.69, 9.17) is 0 Å². The number of hydrogen-bond acceptors (Lipinski definition) is 3. The number of carbonyl (C=O) groups excluding carboxylic acids is 3. The zero-order valence-corrected chi connectivity index (χ0v) is 14.2. The van der Waals surface area contributed by atoms with E-state index in [0.717, 1.165) is 24.1 Å². The van der Waals surface area contributed by atoms with Crippen molar-refractivity contribution in [2.24, 2.45) is 5.92 Å². The number of aromatic nitrogens is 1. The van der Waals surface area contributed by atoms with Crippen molar-refractivity contribution >= 4 is 17.7 Å². The third-order valence-electron chi connectivity index (χ3n) is 4.93. The average molecular weight is 332 g/mol. The van der Waals surface area contributed by atoms with Crippen molar-refractivity contribution in [1.29, 1.82) is 0 Å². The highest BCUT2D eigenvalue weighted by atomic mass is 16.2. The van der Waals surface area contributed by atoms with Gasteiger partial charge in [-0.25, -0.2) is 0 Å². The number of hydrogen-bond donors (Lipinski definition) is 2. The van der Waals surface area contributed by atoms with Gasteiger partial charge in [-0.15, -0.1) is 0 Å². The van der Waals surface area contributed by atoms with Gasteiger partial charge in [0.25, 0.3) is 5.91 Å². The van der Waals surface area contributed by atoms with Gasteiger partial charge in [0.2, 0.25) is 11.8 Å². The number of aryl methyl sites for hydroxylation is 1. The van der Waals surface area contributed by atoms with Crippen molar-refractivity contribution in [3.05, 3.63) is 23.5 Å². The molecule has 2 saturated heterocycles. The third-order valence-corrected chi connectivity index (χ3v) is 4.93. The van der Waals surface area contributed by atoms with Crippen LogP contribution >= 0.6 is 0 Å². The van der Waals surface area contributed by atoms with Crippen LogP contribution in [0.5, 0.6) is 0 Å². The molecule has 0 bridgehead atoms. The summed E-state index contributed by atoms with van der Waals surface area (Å²) >= 11 is 0. The van der Waals surface area contributed by atoms with Gasteiger partial charge < -0.3 is 20.1 Å². The Balaban J connectivity index is 1.57. The predicted molar refractivity (Wildman–Crippen MR) is 88.4 cm³/mol. The zero-order chi connectivity index (χ0) is 17.3. The maximum Gasteiger partial charge on any atom is 0.255 e. The molecule has 3 heterocycles. The van der Waals surface area contributed by atoms with E-state index in [9.17, 15) is 14.4 Å². The number of nitrogens with zero attached hydrogens (tertiary/aromatic N) is 2. The first kappa shape index (κ1) is 16.5. The molecule has 0 aromatic carbocycles. The largest absolute Gasteiger partial charge is 0.364 e. The van der Waals surface area contributed by atoms with E-state index in [-0.39, 0.29) is 36.1 Å². The van der Waals surface area contributed by atoms with Crippen LogP contribution in [-0.2, 0) is 16.0 Å². The van der Waals surface area contributed by atoms with Crippen LogP contribution in [0.25, 0.3) is 0 Å². The molecule has 2 aliphatic rings. The molecule has 3 rings (SSSR count). The van der Waals surface area contributed by atoms with Gasteiger partial charge in [0.15, 0.2) is 0 Å². The minimum Gasteiger partial charge on any atom is -0.364 e. The highest BCUT2D eigenvalue weighted by Crippen LogP contribution is 2.26. The maximum absolute atomic E-state index is 12.6. The van der Waals surface area contributed by atoms with E-state index < -0.39 is 0 Å². The van der Waals surface area contributed by atoms with Gasteiger partial charge in [-0.2, -0.15) is 0 Å². The molecule has 7 nitrogen and oxygen atoms in total. The molecule has 7 heteroatoms. The van der Waals surface area contributed by atoms with Gasteiger partial charge in [-0.3, -0.25) is 14.4 Å². The van der Waals surface area contributed by atoms with E-state index >= 15 is 0 Å². The lowest BCUT2D eigenvalue weighted by Crippen LogP contribution is -2.61. The van der Waals surface area contributed by atoms with Crippen molar-refractivity contribution in [2.75, 3.05) is 26.7 Å². The summed E-state index contributed by atoms with van der Waals surface area (Å²) in [5.74, 6) is -0.331. The van der Waals surface area contributed by atoms with Crippen LogP contribution in [0.15, 0.2) is 12.3 Å². The monoisotopic (exact) mass is 332 g/mol. The smallest absolute Gasteiger partial charge is 0.255 e. The predicted octanol–water partition coefficient (Wildman–Crippen LogP) is 0.386. The number of rotatable bonds is 5. The second-order valence-corrected chi connectivity index (χ2v) is 6.55. The Hall–Kier alpha value is -2.31. The minimum atomic E-state index is -0.270. The SMILES string of the molecule is CCCc1[nH]ccc1C(=O)N1CC(N2CC(C(=O)NC)CC2=O)C1. The van der Waals surface area contributed by atoms with Gasteiger partial charge in [0.1, 0.15) is 0 Å². The van der Waals surface area contributed by atoms with Crippen LogP contribution in [0.3, 0.4) is 0 Å². The van der Waals surface area contributed by atoms with Crippen LogP contribution in [0.1, 0.15) is 35.8 Å². The molecule has 0 saturated carbocycles. The Morgan fingerprint density at radius 1 is 1.33 bits per heavy atom. The summed E-state index contributed by atoms with van der Waals surface area (Å²) < 4.78 is 0. The van der Waals surface area contributed by atoms with E-state index in [0.29, 0.717) is 19.6 Å². The van der Waals surface area contributed by atoms with Crippen molar-refractivity contribution in [1.82, 2.24) is 20.1 Å². The molecule has 24 heavy (non-hydrogen) atoms. The van der Waals surface area contributed by atoms with E-state index in [1.165, 1.54) is 0 Å². The van der Waals surface area contributed by atoms with Crippen molar-refractivity contribution in [3.63, 3.8) is 0 Å². The summed E-state index contributed by atoms with van der Waals surface area (Å²) in [6.45, 7) is 3.62. The number of amides is 3. The van der Waals surface area contributed by atoms with Crippen LogP contribution in [-0.4, -0.2) is 65.2 Å². The zero-order valence-electron chi connectivity index (χ0n) is 14.2. The Bertz CT molecular complexity index is 648. The number of aromatic amines is 1. The van der Waals surface area contributed by atoms with Gasteiger partial charge in [-0.05, 0) is 12.5 Å². The number of H-pyrrole nitrogens is 1. The van der Waals surface area contributed by atoms with Crippen LogP contribution in [0.2, 0.25) is 0 Å². The molecule has 1 aromatic heterocycles. The van der Waals surface area contributed by atoms with Crippen molar-refractivity contribution in [2.45, 2.75) is 32.2 Å². The number of carbonyl (C=O) groups is 3. The average Bonchev–Trinajstić information content (AvgIpc) is 3.13. The standard InChI is InChI=1S/C17H24N4O3/c1-3-4-14-13(5-6-19-14)17(24)20-9-12(10-20)21-8-11(7-15(21)22)16(23)18-2/h5-6,11-12,19H,3-4,7-10H2,1-2H3,(H,18,23). The molecule has 3 amide bonds. The van der Waals surface area contributed by atoms with Crippen molar-refractivity contribution in [3.8, 4) is 0 Å². The molecule has 2 aliphatic heterocycles. The summed E-state index contributed by atoms with van der Waals surface area (Å²) in [5.41, 5.74) is 1.70. The fraction of sp³-hybridized carbons (Fsp3) is 0.588. The van der Waals surface area contributed by atoms with Gasteiger partial charge in [-0.1, -0.05) is 13.3 Å². The van der Waals surface area contributed by atoms with Gasteiger partial charge >= 0.3 is 0 Å². The Labute approximate surface area is 141 Å². The molecule has 0 spiro atoms. The molecule has 1 unspecified atom stereocenters. The third kappa shape index (κ3) is 2.90. The topological polar surface area (TPSA) is 85.5 Å². The number of likely N-dealkylation sites (tertiary alicyclic amines) is 2. The van der Waals surface area contributed by atoms with Crippen molar-refractivity contribution < 1.29 is 14.4 Å². The second-order valence-electron chi connectivity index (χ2n) is 6.55. The molecular formula is C17H24N4O3. The first-order chi connectivity index (χ1) is 11.5. The van der Waals surface area contributed by atoms with Crippen LogP contribution < -0.4 is 5.32 Å². The first-order valence-corrected chi connectivity index (χ1v) is 8.51. The molecule has 2 fully saturated rings. The van der Waals surface area contributed by atoms with E-state index in [1.807, 2.05) is 6.07 Å². The Morgan fingerprint density at radius 2 is 2.08 bits per heavy atom. The lowest BCUT2D eigenvalue weighted by atomic mass is 10.0. The highest BCUT2D eigenvalue weighted by Gasteiger charge is 2.43. The van der Waals surface area contributed by atoms with Crippen LogP contribution in [0, 0.1) is 5.92 Å². The molecule has 130 valence electrons. The molecule has 0 radical (unpaired) electrons. The molecule has 0 aliphatic carbocycles. The second kappa shape index (κ2) is 6.67. The van der Waals surface area contributed by atoms with E-state index in [1.54, 1.807) is 23.0 Å². The maximum atomic E-state index is 12.6. The fourth-order valence-electron chi connectivity index (χ4n) is 3.51. The van der Waals surface area contributed by atoms with E-state index in [2.05, 4.69) is 17.2 Å². The first-order valence-electron chi connectivity index (χ1n) is 8.51. The summed E-state index contributed by atoms with van der Waals surface area (Å²) in [6.07, 6.45) is 3.90. The minimum absolute atomic E-state index is 0.00835. The summed E-state index contributed by atoms with van der Waals surface area (Å²) in [4.78, 5) is 43.1. The summed E-state index contributed by atoms with van der Waals surface area (Å²) in [7, 11) is 1.59. The molecule has 2 N–H and O–H groups in total. The highest BCUT2D eigenvalue weighted by molar-refractivity contribution is 5.96. The van der Waals surface area contributed by atoms with Crippen LogP contribution in [0.4, 0.5) is 0 Å². The van der Waals surface area contributed by atoms with Gasteiger partial charge in [0.05, 0.1) is 17.5 Å². The molecular weight excluding hydrogens is 308 g/mol. The summed E-state index contributed by atoms with van der Waals surface area (Å²) in [5, 5.41) is 2.60. The summed E-state index contributed by atoms with van der Waals surface area (Å²) in [6, 6.07) is 1.85. The number of nitrogens with one attached hydrogen (secondary N) is 2. The molecule has 1 atom stereocenters. The lowest BCUT2D eigenvalue weighted by molar-refractivity contribution is -0.132.